The van der Waals surface area contributed by atoms with E-state index < -0.39 is 0 Å². The van der Waals surface area contributed by atoms with E-state index in [1.807, 2.05) is 32.0 Å². The highest BCUT2D eigenvalue weighted by atomic mass is 16.5. The Labute approximate surface area is 201 Å². The van der Waals surface area contributed by atoms with Gasteiger partial charge in [0.05, 0.1) is 18.7 Å². The largest absolute Gasteiger partial charge is 0.508 e. The van der Waals surface area contributed by atoms with Gasteiger partial charge in [-0.05, 0) is 80.0 Å². The Morgan fingerprint density at radius 1 is 1.15 bits per heavy atom. The molecule has 2 heterocycles. The molecule has 1 aromatic heterocycles. The molecule has 1 aliphatic carbocycles. The predicted octanol–water partition coefficient (Wildman–Crippen LogP) is 4.88. The topological polar surface area (TPSA) is 86.4 Å². The van der Waals surface area contributed by atoms with Crippen LogP contribution in [-0.4, -0.2) is 35.2 Å². The highest BCUT2D eigenvalue weighted by Gasteiger charge is 2.34. The zero-order valence-corrected chi connectivity index (χ0v) is 20.1. The van der Waals surface area contributed by atoms with Gasteiger partial charge in [-0.25, -0.2) is 0 Å². The number of benzene rings is 2. The van der Waals surface area contributed by atoms with Crippen molar-refractivity contribution < 1.29 is 14.6 Å². The third-order valence-corrected chi connectivity index (χ3v) is 7.45. The maximum Gasteiger partial charge on any atom is 0.237 e. The van der Waals surface area contributed by atoms with E-state index >= 15 is 0 Å². The second kappa shape index (κ2) is 9.71. The van der Waals surface area contributed by atoms with Crippen LogP contribution in [0.25, 0.3) is 10.9 Å². The van der Waals surface area contributed by atoms with Crippen LogP contribution < -0.4 is 15.4 Å². The van der Waals surface area contributed by atoms with Crippen LogP contribution in [0.1, 0.15) is 67.5 Å². The van der Waals surface area contributed by atoms with E-state index in [0.717, 1.165) is 45.6 Å². The molecule has 1 saturated carbocycles. The van der Waals surface area contributed by atoms with Gasteiger partial charge in [0, 0.05) is 23.1 Å². The van der Waals surface area contributed by atoms with Crippen molar-refractivity contribution in [3.05, 3.63) is 58.8 Å². The number of carbonyl (C=O) groups is 1. The van der Waals surface area contributed by atoms with Crippen molar-refractivity contribution >= 4 is 16.8 Å². The van der Waals surface area contributed by atoms with Crippen molar-refractivity contribution in [3.8, 4) is 11.5 Å². The molecule has 3 aromatic rings. The molecule has 1 fully saturated rings. The normalized spacial score (nSPS) is 20.8. The summed E-state index contributed by atoms with van der Waals surface area (Å²) in [5, 5.41) is 18.0. The molecule has 6 nitrogen and oxygen atoms in total. The Kier molecular flexibility index (Phi) is 6.50. The summed E-state index contributed by atoms with van der Waals surface area (Å²) < 4.78 is 5.76. The minimum atomic E-state index is -0.329. The van der Waals surface area contributed by atoms with Gasteiger partial charge in [0.15, 0.2) is 0 Å². The fourth-order valence-corrected chi connectivity index (χ4v) is 5.57. The number of carbonyl (C=O) groups excluding carboxylic acids is 1. The second-order valence-corrected chi connectivity index (χ2v) is 9.81. The first kappa shape index (κ1) is 22.8. The van der Waals surface area contributed by atoms with Gasteiger partial charge in [0.25, 0.3) is 0 Å². The molecule has 5 rings (SSSR count). The van der Waals surface area contributed by atoms with Crippen LogP contribution in [0.15, 0.2) is 36.4 Å². The lowest BCUT2D eigenvalue weighted by Gasteiger charge is -2.32. The predicted molar refractivity (Wildman–Crippen MR) is 134 cm³/mol. The van der Waals surface area contributed by atoms with Gasteiger partial charge in [-0.3, -0.25) is 10.1 Å². The number of ether oxygens (including phenoxy) is 1. The molecule has 4 N–H and O–H groups in total. The first-order valence-corrected chi connectivity index (χ1v) is 12.6. The standard InChI is InChI=1S/C28H35N3O3/c1-3-34-20-10-11-23-21(14-20)22-15-24(28(33)29-16-18-7-5-4-6-8-18)31-26(27(22)30-23)19-9-12-25(32)17(2)13-19/h9-14,18,24,26,30-32H,3-8,15-16H2,1-2H3,(H,29,33). The number of hydrogen-bond donors (Lipinski definition) is 4. The number of phenolic OH excluding ortho intramolecular Hbond substituents is 1. The van der Waals surface area contributed by atoms with Crippen LogP contribution in [0.2, 0.25) is 0 Å². The van der Waals surface area contributed by atoms with Crippen LogP contribution in [0, 0.1) is 12.8 Å². The van der Waals surface area contributed by atoms with Crippen molar-refractivity contribution in [1.29, 1.82) is 0 Å². The van der Waals surface area contributed by atoms with E-state index in [0.29, 0.717) is 18.9 Å². The molecule has 0 spiro atoms. The van der Waals surface area contributed by atoms with Gasteiger partial charge in [-0.1, -0.05) is 31.4 Å². The molecule has 0 bridgehead atoms. The maximum absolute atomic E-state index is 13.3. The van der Waals surface area contributed by atoms with Crippen molar-refractivity contribution in [1.82, 2.24) is 15.6 Å². The van der Waals surface area contributed by atoms with Gasteiger partial charge in [-0.15, -0.1) is 0 Å². The monoisotopic (exact) mass is 461 g/mol. The first-order chi connectivity index (χ1) is 16.5. The molecule has 2 aromatic carbocycles. The minimum absolute atomic E-state index is 0.0621. The summed E-state index contributed by atoms with van der Waals surface area (Å²) in [6.45, 7) is 5.25. The third-order valence-electron chi connectivity index (χ3n) is 7.45. The first-order valence-electron chi connectivity index (χ1n) is 12.6. The molecule has 0 saturated heterocycles. The van der Waals surface area contributed by atoms with Crippen LogP contribution in [0.5, 0.6) is 11.5 Å². The van der Waals surface area contributed by atoms with Crippen molar-refractivity contribution in [2.24, 2.45) is 5.92 Å². The van der Waals surface area contributed by atoms with Crippen molar-refractivity contribution in [2.75, 3.05) is 13.2 Å². The SMILES string of the molecule is CCOc1ccc2[nH]c3c(c2c1)CC(C(=O)NCC1CCCCC1)NC3c1ccc(O)c(C)c1. The number of phenols is 1. The van der Waals surface area contributed by atoms with Crippen LogP contribution in [0.3, 0.4) is 0 Å². The van der Waals surface area contributed by atoms with E-state index in [1.165, 1.54) is 32.1 Å². The van der Waals surface area contributed by atoms with E-state index in [1.54, 1.807) is 6.07 Å². The van der Waals surface area contributed by atoms with E-state index in [2.05, 4.69) is 27.8 Å². The smallest absolute Gasteiger partial charge is 0.237 e. The number of aromatic amines is 1. The maximum atomic E-state index is 13.3. The number of nitrogens with one attached hydrogen (secondary N) is 3. The summed E-state index contributed by atoms with van der Waals surface area (Å²) in [7, 11) is 0. The van der Waals surface area contributed by atoms with Crippen LogP contribution in [-0.2, 0) is 11.2 Å². The van der Waals surface area contributed by atoms with Crippen LogP contribution >= 0.6 is 0 Å². The number of aromatic hydroxyl groups is 1. The molecule has 180 valence electrons. The fourth-order valence-electron chi connectivity index (χ4n) is 5.57. The number of fused-ring (bicyclic) bond motifs is 3. The van der Waals surface area contributed by atoms with Gasteiger partial charge >= 0.3 is 0 Å². The zero-order valence-electron chi connectivity index (χ0n) is 20.1. The Morgan fingerprint density at radius 3 is 2.74 bits per heavy atom. The summed E-state index contributed by atoms with van der Waals surface area (Å²) in [6, 6.07) is 11.3. The van der Waals surface area contributed by atoms with Gasteiger partial charge in [-0.2, -0.15) is 0 Å². The molecular weight excluding hydrogens is 426 g/mol. The highest BCUT2D eigenvalue weighted by Crippen LogP contribution is 2.37. The Morgan fingerprint density at radius 2 is 1.97 bits per heavy atom. The fraction of sp³-hybridized carbons (Fsp3) is 0.464. The summed E-state index contributed by atoms with van der Waals surface area (Å²) in [4.78, 5) is 16.9. The summed E-state index contributed by atoms with van der Waals surface area (Å²) in [5.41, 5.74) is 5.12. The zero-order chi connectivity index (χ0) is 23.7. The average molecular weight is 462 g/mol. The second-order valence-electron chi connectivity index (χ2n) is 9.81. The molecule has 0 radical (unpaired) electrons. The molecule has 6 heteroatoms. The van der Waals surface area contributed by atoms with Crippen LogP contribution in [0.4, 0.5) is 0 Å². The van der Waals surface area contributed by atoms with E-state index in [-0.39, 0.29) is 23.7 Å². The van der Waals surface area contributed by atoms with Crippen molar-refractivity contribution in [2.45, 2.75) is 64.5 Å². The number of H-pyrrole nitrogens is 1. The lowest BCUT2D eigenvalue weighted by Crippen LogP contribution is -2.50. The molecule has 2 aliphatic rings. The lowest BCUT2D eigenvalue weighted by molar-refractivity contribution is -0.123. The quantitative estimate of drug-likeness (QED) is 0.421. The molecule has 2 atom stereocenters. The molecular formula is C28H35N3O3. The Hall–Kier alpha value is -2.99. The lowest BCUT2D eigenvalue weighted by atomic mass is 9.88. The van der Waals surface area contributed by atoms with E-state index in [4.69, 9.17) is 4.74 Å². The number of rotatable bonds is 6. The molecule has 34 heavy (non-hydrogen) atoms. The van der Waals surface area contributed by atoms with Gasteiger partial charge < -0.3 is 20.1 Å². The number of aromatic nitrogens is 1. The van der Waals surface area contributed by atoms with Crippen molar-refractivity contribution in [3.63, 3.8) is 0 Å². The summed E-state index contributed by atoms with van der Waals surface area (Å²) >= 11 is 0. The number of amides is 1. The Balaban J connectivity index is 1.48. The highest BCUT2D eigenvalue weighted by molar-refractivity contribution is 5.89. The Bertz CT molecular complexity index is 1180. The third kappa shape index (κ3) is 4.51. The summed E-state index contributed by atoms with van der Waals surface area (Å²) in [6.07, 6.45) is 6.89. The van der Waals surface area contributed by atoms with Gasteiger partial charge in [0.1, 0.15) is 11.5 Å². The number of hydrogen-bond acceptors (Lipinski definition) is 4. The van der Waals surface area contributed by atoms with E-state index in [9.17, 15) is 9.90 Å². The number of aryl methyl sites for hydroxylation is 1. The molecule has 1 amide bonds. The van der Waals surface area contributed by atoms with Gasteiger partial charge in [0.2, 0.25) is 5.91 Å². The molecule has 1 aliphatic heterocycles. The average Bonchev–Trinajstić information content (AvgIpc) is 3.22. The summed E-state index contributed by atoms with van der Waals surface area (Å²) in [5.74, 6) is 1.77. The molecule has 2 unspecified atom stereocenters. The minimum Gasteiger partial charge on any atom is -0.508 e.